The van der Waals surface area contributed by atoms with Crippen LogP contribution in [0.25, 0.3) is 0 Å². The van der Waals surface area contributed by atoms with Gasteiger partial charge in [-0.3, -0.25) is 9.36 Å². The average Bonchev–Trinajstić information content (AvgIpc) is 3.09. The first-order chi connectivity index (χ1) is 25.1. The monoisotopic (exact) mass is 760 g/mol. The number of carbonyl (C=O) groups is 1. The topological polar surface area (TPSA) is 94.1 Å². The highest BCUT2D eigenvalue weighted by atomic mass is 31.2. The number of phosphoric ester groups is 1. The van der Waals surface area contributed by atoms with E-state index in [-0.39, 0.29) is 25.8 Å². The number of esters is 1. The summed E-state index contributed by atoms with van der Waals surface area (Å²) in [4.78, 5) is 25.0. The van der Waals surface area contributed by atoms with Crippen LogP contribution in [0.15, 0.2) is 12.2 Å². The van der Waals surface area contributed by atoms with E-state index in [0.717, 1.165) is 32.1 Å². The van der Waals surface area contributed by atoms with Crippen molar-refractivity contribution in [2.24, 2.45) is 0 Å². The second-order valence-electron chi connectivity index (χ2n) is 16.1. The van der Waals surface area contributed by atoms with Gasteiger partial charge in [-0.1, -0.05) is 174 Å². The summed E-state index contributed by atoms with van der Waals surface area (Å²) >= 11 is 0. The molecule has 0 heterocycles. The number of nitrogens with zero attached hydrogens (tertiary/aromatic N) is 1. The Kier molecular flexibility index (Phi) is 36.6. The fourth-order valence-electron chi connectivity index (χ4n) is 6.14. The van der Waals surface area contributed by atoms with Gasteiger partial charge in [-0.25, -0.2) is 0 Å². The lowest BCUT2D eigenvalue weighted by atomic mass is 10.0. The van der Waals surface area contributed by atoms with Crippen molar-refractivity contribution in [3.8, 4) is 0 Å². The smallest absolute Gasteiger partial charge is 0.306 e. The number of carbonyl (C=O) groups excluding carboxylic acids is 1. The Bertz CT molecular complexity index is 848. The molecule has 0 saturated heterocycles. The Morgan fingerprint density at radius 3 is 1.54 bits per heavy atom. The van der Waals surface area contributed by atoms with Gasteiger partial charge in [0.05, 0.1) is 34.4 Å². The van der Waals surface area contributed by atoms with Crippen LogP contribution >= 0.6 is 7.82 Å². The number of quaternary nitrogens is 1. The number of rotatable bonds is 41. The fourth-order valence-corrected chi connectivity index (χ4v) is 6.87. The normalized spacial score (nSPS) is 13.9. The number of allylic oxidation sites excluding steroid dienone is 2. The minimum atomic E-state index is -4.52. The van der Waals surface area contributed by atoms with E-state index in [1.807, 2.05) is 21.1 Å². The lowest BCUT2D eigenvalue weighted by molar-refractivity contribution is -0.870. The second kappa shape index (κ2) is 37.2. The predicted molar refractivity (Wildman–Crippen MR) is 217 cm³/mol. The number of hydrogen-bond acceptors (Lipinski definition) is 7. The maximum atomic E-state index is 12.7. The lowest BCUT2D eigenvalue weighted by Crippen LogP contribution is -2.37. The summed E-state index contributed by atoms with van der Waals surface area (Å²) < 4.78 is 34.5. The van der Waals surface area contributed by atoms with Crippen LogP contribution in [0, 0.1) is 0 Å². The molecule has 0 fully saturated rings. The molecule has 0 aliphatic carbocycles. The van der Waals surface area contributed by atoms with Crippen molar-refractivity contribution >= 4 is 13.8 Å². The molecule has 0 amide bonds. The van der Waals surface area contributed by atoms with Gasteiger partial charge >= 0.3 is 5.97 Å². The van der Waals surface area contributed by atoms with Gasteiger partial charge in [0.2, 0.25) is 0 Å². The first kappa shape index (κ1) is 51.2. The van der Waals surface area contributed by atoms with Gasteiger partial charge in [-0.2, -0.15) is 0 Å². The Morgan fingerprint density at radius 2 is 1.04 bits per heavy atom. The van der Waals surface area contributed by atoms with E-state index in [1.165, 1.54) is 148 Å². The molecule has 0 aromatic carbocycles. The van der Waals surface area contributed by atoms with Gasteiger partial charge < -0.3 is 27.9 Å². The summed E-state index contributed by atoms with van der Waals surface area (Å²) in [5.41, 5.74) is 0. The van der Waals surface area contributed by atoms with Crippen LogP contribution in [-0.2, 0) is 27.9 Å². The average molecular weight is 760 g/mol. The van der Waals surface area contributed by atoms with E-state index < -0.39 is 13.9 Å². The fraction of sp³-hybridized carbons (Fsp3) is 0.930. The molecule has 0 saturated carbocycles. The first-order valence-electron chi connectivity index (χ1n) is 21.9. The highest BCUT2D eigenvalue weighted by molar-refractivity contribution is 7.45. The predicted octanol–water partition coefficient (Wildman–Crippen LogP) is 12.0. The molecule has 0 spiro atoms. The van der Waals surface area contributed by atoms with E-state index in [0.29, 0.717) is 24.1 Å². The van der Waals surface area contributed by atoms with Gasteiger partial charge in [0.25, 0.3) is 7.82 Å². The van der Waals surface area contributed by atoms with Crippen molar-refractivity contribution in [1.82, 2.24) is 0 Å². The maximum Gasteiger partial charge on any atom is 0.306 e. The van der Waals surface area contributed by atoms with Gasteiger partial charge in [0.1, 0.15) is 19.3 Å². The van der Waals surface area contributed by atoms with Crippen molar-refractivity contribution in [2.75, 3.05) is 54.1 Å². The molecule has 2 atom stereocenters. The van der Waals surface area contributed by atoms with Gasteiger partial charge in [-0.15, -0.1) is 0 Å². The van der Waals surface area contributed by atoms with Crippen LogP contribution in [0.5, 0.6) is 0 Å². The maximum absolute atomic E-state index is 12.7. The number of hydrogen-bond donors (Lipinski definition) is 0. The SMILES string of the molecule is CCC/C=C\CCCCCCCCOCC(COP(=O)([O-])OCC[N+](C)(C)C)OC(=O)CCCCCCCCCCCCCCCCCCCCC. The molecule has 0 bridgehead atoms. The van der Waals surface area contributed by atoms with Crippen molar-refractivity contribution in [3.63, 3.8) is 0 Å². The Hall–Kier alpha value is -0.760. The van der Waals surface area contributed by atoms with E-state index in [2.05, 4.69) is 26.0 Å². The zero-order valence-electron chi connectivity index (χ0n) is 35.0. The molecule has 0 aromatic rings. The molecule has 2 unspecified atom stereocenters. The van der Waals surface area contributed by atoms with Gasteiger partial charge in [0, 0.05) is 13.0 Å². The molecule has 9 heteroatoms. The number of unbranched alkanes of at least 4 members (excludes halogenated alkanes) is 25. The number of ether oxygens (including phenoxy) is 2. The molecule has 0 rings (SSSR count). The molecule has 8 nitrogen and oxygen atoms in total. The summed E-state index contributed by atoms with van der Waals surface area (Å²) in [7, 11) is 1.36. The molecule has 0 aromatic heterocycles. The van der Waals surface area contributed by atoms with Crippen molar-refractivity contribution in [2.45, 2.75) is 206 Å². The minimum absolute atomic E-state index is 0.0280. The van der Waals surface area contributed by atoms with Crippen molar-refractivity contribution in [1.29, 1.82) is 0 Å². The van der Waals surface area contributed by atoms with Crippen molar-refractivity contribution in [3.05, 3.63) is 12.2 Å². The quantitative estimate of drug-likeness (QED) is 0.0201. The third-order valence-electron chi connectivity index (χ3n) is 9.55. The van der Waals surface area contributed by atoms with Crippen LogP contribution in [0.2, 0.25) is 0 Å². The molecule has 52 heavy (non-hydrogen) atoms. The summed E-state index contributed by atoms with van der Waals surface area (Å²) in [5.74, 6) is -0.333. The third-order valence-corrected chi connectivity index (χ3v) is 10.5. The van der Waals surface area contributed by atoms with Crippen molar-refractivity contribution < 1.29 is 37.3 Å². The minimum Gasteiger partial charge on any atom is -0.756 e. The van der Waals surface area contributed by atoms with Crippen LogP contribution < -0.4 is 4.89 Å². The Morgan fingerprint density at radius 1 is 0.577 bits per heavy atom. The highest BCUT2D eigenvalue weighted by Gasteiger charge is 2.20. The van der Waals surface area contributed by atoms with Crippen LogP contribution in [0.3, 0.4) is 0 Å². The molecule has 0 N–H and O–H groups in total. The van der Waals surface area contributed by atoms with E-state index in [4.69, 9.17) is 18.5 Å². The first-order valence-corrected chi connectivity index (χ1v) is 23.4. The number of likely N-dealkylation sites (N-methyl/N-ethyl adjacent to an activating group) is 1. The molecular weight excluding hydrogens is 673 g/mol. The molecule has 0 aliphatic heterocycles. The van der Waals surface area contributed by atoms with Gasteiger partial charge in [0.15, 0.2) is 0 Å². The largest absolute Gasteiger partial charge is 0.756 e. The summed E-state index contributed by atoms with van der Waals surface area (Å²) in [6.45, 7) is 5.38. The summed E-state index contributed by atoms with van der Waals surface area (Å²) in [5, 5.41) is 0. The van der Waals surface area contributed by atoms with Gasteiger partial charge in [-0.05, 0) is 32.1 Å². The zero-order chi connectivity index (χ0) is 38.4. The van der Waals surface area contributed by atoms with Crippen LogP contribution in [0.4, 0.5) is 0 Å². The Labute approximate surface area is 322 Å². The highest BCUT2D eigenvalue weighted by Crippen LogP contribution is 2.38. The van der Waals surface area contributed by atoms with Crippen LogP contribution in [-0.4, -0.2) is 70.7 Å². The molecule has 0 aliphatic rings. The molecule has 310 valence electrons. The standard InChI is InChI=1S/C43H86NO7P/c1-6-8-10-12-14-16-18-19-20-21-22-23-24-25-26-28-30-32-34-36-43(45)51-42(41-50-52(46,47)49-39-37-44(3,4)5)40-48-38-35-33-31-29-27-17-15-13-11-9-7-2/h11,13,42H,6-10,12,14-41H2,1-5H3/b13-11-. The summed E-state index contributed by atoms with van der Waals surface area (Å²) in [6, 6.07) is 0. The Balaban J connectivity index is 4.14. The zero-order valence-corrected chi connectivity index (χ0v) is 35.9. The van der Waals surface area contributed by atoms with Crippen LogP contribution in [0.1, 0.15) is 200 Å². The third kappa shape index (κ3) is 40.4. The molecule has 0 radical (unpaired) electrons. The van der Waals surface area contributed by atoms with E-state index >= 15 is 0 Å². The molecular formula is C43H86NO7P. The summed E-state index contributed by atoms with van der Waals surface area (Å²) in [6.07, 6.45) is 39.4. The number of phosphoric acid groups is 1. The second-order valence-corrected chi connectivity index (χ2v) is 17.5. The van der Waals surface area contributed by atoms with E-state index in [9.17, 15) is 14.3 Å². The lowest BCUT2D eigenvalue weighted by Gasteiger charge is -2.28. The van der Waals surface area contributed by atoms with E-state index in [1.54, 1.807) is 0 Å².